The van der Waals surface area contributed by atoms with Gasteiger partial charge in [0, 0.05) is 37.9 Å². The van der Waals surface area contributed by atoms with E-state index in [1.54, 1.807) is 0 Å². The zero-order valence-corrected chi connectivity index (χ0v) is 7.96. The minimum absolute atomic E-state index is 0. The zero-order chi connectivity index (χ0) is 9.00. The van der Waals surface area contributed by atoms with Gasteiger partial charge in [-0.2, -0.15) is 0 Å². The van der Waals surface area contributed by atoms with E-state index in [1.807, 2.05) is 0 Å². The van der Waals surface area contributed by atoms with Crippen LogP contribution in [-0.2, 0) is 37.9 Å². The molecule has 83 valence electrons. The summed E-state index contributed by atoms with van der Waals surface area (Å²) in [5, 5.41) is 0. The molecule has 0 bridgehead atoms. The third-order valence-electron chi connectivity index (χ3n) is 0. The molecule has 9 nitrogen and oxygen atoms in total. The summed E-state index contributed by atoms with van der Waals surface area (Å²) in [6.07, 6.45) is 0. The summed E-state index contributed by atoms with van der Waals surface area (Å²) < 4.78 is 68.2. The van der Waals surface area contributed by atoms with Crippen LogP contribution in [0, 0.1) is 0 Å². The SMILES string of the molecule is O=S(=O)([O-])[O-].O=S(=O)([O-])[O-].[Cu].[NH4+]. The predicted octanol–water partition coefficient (Wildman–Crippen LogP) is -2.30. The van der Waals surface area contributed by atoms with E-state index in [0.29, 0.717) is 0 Å². The van der Waals surface area contributed by atoms with Crippen molar-refractivity contribution in [3.63, 3.8) is 0 Å². The van der Waals surface area contributed by atoms with Crippen molar-refractivity contribution >= 4 is 20.8 Å². The third kappa shape index (κ3) is 18000. The molecular formula is H4CuNO8S2-3. The van der Waals surface area contributed by atoms with Crippen LogP contribution < -0.4 is 6.15 Å². The largest absolute Gasteiger partial charge is 0.759 e. The zero-order valence-electron chi connectivity index (χ0n) is 5.38. The summed E-state index contributed by atoms with van der Waals surface area (Å²) in [6.45, 7) is 0. The topological polar surface area (TPSA) is 197 Å². The normalized spacial score (nSPS) is 9.67. The van der Waals surface area contributed by atoms with Gasteiger partial charge < -0.3 is 24.4 Å². The van der Waals surface area contributed by atoms with E-state index in [9.17, 15) is 0 Å². The average Bonchev–Trinajstić information content (AvgIpc) is 1.12. The average molecular weight is 274 g/mol. The maximum atomic E-state index is 8.52. The third-order valence-corrected chi connectivity index (χ3v) is 0. The Labute approximate surface area is 79.4 Å². The van der Waals surface area contributed by atoms with Gasteiger partial charge in [0.05, 0.1) is 0 Å². The van der Waals surface area contributed by atoms with Crippen molar-refractivity contribution in [1.82, 2.24) is 6.15 Å². The fraction of sp³-hybridized carbons (Fsp3) is 0. The molecule has 0 aromatic rings. The van der Waals surface area contributed by atoms with Crippen molar-refractivity contribution < 1.29 is 52.1 Å². The summed E-state index contributed by atoms with van der Waals surface area (Å²) in [5.41, 5.74) is 0. The van der Waals surface area contributed by atoms with E-state index < -0.39 is 20.8 Å². The summed E-state index contributed by atoms with van der Waals surface area (Å²) in [6, 6.07) is 0. The van der Waals surface area contributed by atoms with Gasteiger partial charge in [0.25, 0.3) is 0 Å². The maximum absolute atomic E-state index is 8.52. The Hall–Kier alpha value is 0.219. The van der Waals surface area contributed by atoms with Crippen LogP contribution in [0.2, 0.25) is 0 Å². The molecule has 0 aliphatic carbocycles. The molecule has 0 aliphatic heterocycles. The first-order chi connectivity index (χ1) is 4.00. The molecule has 0 heterocycles. The van der Waals surface area contributed by atoms with Crippen LogP contribution >= 0.6 is 0 Å². The molecule has 0 spiro atoms. The van der Waals surface area contributed by atoms with Crippen molar-refractivity contribution in [2.24, 2.45) is 0 Å². The minimum atomic E-state index is -5.17. The first-order valence-electron chi connectivity index (χ1n) is 1.33. The van der Waals surface area contributed by atoms with Crippen molar-refractivity contribution in [2.45, 2.75) is 0 Å². The molecule has 0 amide bonds. The van der Waals surface area contributed by atoms with Crippen molar-refractivity contribution in [1.29, 1.82) is 0 Å². The molecular weight excluding hydrogens is 270 g/mol. The fourth-order valence-electron chi connectivity index (χ4n) is 0. The van der Waals surface area contributed by atoms with Gasteiger partial charge in [-0.25, -0.2) is 0 Å². The van der Waals surface area contributed by atoms with E-state index in [0.717, 1.165) is 0 Å². The van der Waals surface area contributed by atoms with Gasteiger partial charge in [-0.1, -0.05) is 0 Å². The van der Waals surface area contributed by atoms with Gasteiger partial charge in [-0.05, 0) is 0 Å². The first kappa shape index (κ1) is 22.8. The second kappa shape index (κ2) is 7.85. The van der Waals surface area contributed by atoms with Gasteiger partial charge in [-0.15, -0.1) is 0 Å². The van der Waals surface area contributed by atoms with Crippen molar-refractivity contribution in [2.75, 3.05) is 0 Å². The number of hydrogen-bond acceptors (Lipinski definition) is 8. The van der Waals surface area contributed by atoms with E-state index >= 15 is 0 Å². The molecule has 0 atom stereocenters. The number of quaternary nitrogens is 1. The Balaban J connectivity index is -0.0000000457. The summed E-state index contributed by atoms with van der Waals surface area (Å²) >= 11 is 0. The molecule has 0 saturated heterocycles. The quantitative estimate of drug-likeness (QED) is 0.288. The van der Waals surface area contributed by atoms with Crippen LogP contribution in [0.5, 0.6) is 0 Å². The Morgan fingerprint density at radius 3 is 0.667 bits per heavy atom. The molecule has 0 saturated carbocycles. The summed E-state index contributed by atoms with van der Waals surface area (Å²) in [4.78, 5) is 0. The molecule has 0 aromatic heterocycles. The monoisotopic (exact) mass is 273 g/mol. The molecule has 4 N–H and O–H groups in total. The molecule has 0 rings (SSSR count). The van der Waals surface area contributed by atoms with E-state index in [1.165, 1.54) is 0 Å². The second-order valence-electron chi connectivity index (χ2n) is 0.816. The van der Waals surface area contributed by atoms with Gasteiger partial charge in [0.2, 0.25) is 0 Å². The number of rotatable bonds is 0. The van der Waals surface area contributed by atoms with Crippen molar-refractivity contribution in [3.05, 3.63) is 0 Å². The van der Waals surface area contributed by atoms with Crippen LogP contribution in [0.4, 0.5) is 0 Å². The molecule has 0 aromatic carbocycles. The Morgan fingerprint density at radius 2 is 0.667 bits per heavy atom. The molecule has 1 radical (unpaired) electrons. The number of hydrogen-bond donors (Lipinski definition) is 1. The van der Waals surface area contributed by atoms with Gasteiger partial charge in [-0.3, -0.25) is 16.8 Å². The summed E-state index contributed by atoms with van der Waals surface area (Å²) in [5.74, 6) is 0. The maximum Gasteiger partial charge on any atom is 0.0311 e. The predicted molar refractivity (Wildman–Crippen MR) is 26.9 cm³/mol. The van der Waals surface area contributed by atoms with Crippen LogP contribution in [0.1, 0.15) is 0 Å². The van der Waals surface area contributed by atoms with Gasteiger partial charge in [0.15, 0.2) is 0 Å². The standard InChI is InChI=1S/Cu.H3N.2H2O4S/c;;2*1-5(2,3)4/h;1H3;2*(H2,1,2,3,4)/p-3. The van der Waals surface area contributed by atoms with Gasteiger partial charge >= 0.3 is 0 Å². The molecule has 12 heavy (non-hydrogen) atoms. The smallest absolute Gasteiger partial charge is 0.0311 e. The summed E-state index contributed by atoms with van der Waals surface area (Å²) in [7, 11) is -10.3. The second-order valence-corrected chi connectivity index (χ2v) is 2.45. The van der Waals surface area contributed by atoms with Gasteiger partial charge in [0.1, 0.15) is 0 Å². The Morgan fingerprint density at radius 1 is 0.667 bits per heavy atom. The molecule has 12 heteroatoms. The Kier molecular flexibility index (Phi) is 14.9. The first-order valence-corrected chi connectivity index (χ1v) is 4.00. The van der Waals surface area contributed by atoms with Crippen LogP contribution in [0.15, 0.2) is 0 Å². The van der Waals surface area contributed by atoms with Crippen LogP contribution in [-0.4, -0.2) is 35.0 Å². The van der Waals surface area contributed by atoms with Crippen molar-refractivity contribution in [3.8, 4) is 0 Å². The van der Waals surface area contributed by atoms with Crippen LogP contribution in [0.25, 0.3) is 0 Å². The van der Waals surface area contributed by atoms with E-state index in [-0.39, 0.29) is 23.2 Å². The fourth-order valence-corrected chi connectivity index (χ4v) is 0. The van der Waals surface area contributed by atoms with Crippen LogP contribution in [0.3, 0.4) is 0 Å². The van der Waals surface area contributed by atoms with E-state index in [4.69, 9.17) is 35.0 Å². The minimum Gasteiger partial charge on any atom is -0.759 e. The molecule has 0 fully saturated rings. The van der Waals surface area contributed by atoms with E-state index in [2.05, 4.69) is 0 Å². The molecule has 0 unspecified atom stereocenters. The molecule has 0 aliphatic rings. The Bertz CT molecular complexity index is 213.